The van der Waals surface area contributed by atoms with Crippen LogP contribution in [0.3, 0.4) is 0 Å². The molecule has 0 radical (unpaired) electrons. The first kappa shape index (κ1) is 12.2. The lowest BCUT2D eigenvalue weighted by Gasteiger charge is -2.10. The summed E-state index contributed by atoms with van der Waals surface area (Å²) in [5.41, 5.74) is 6.13. The number of carbonyl (C=O) groups is 1. The van der Waals surface area contributed by atoms with Gasteiger partial charge < -0.3 is 5.32 Å². The van der Waals surface area contributed by atoms with Crippen LogP contribution in [0, 0.1) is 13.8 Å². The van der Waals surface area contributed by atoms with Crippen molar-refractivity contribution in [3.05, 3.63) is 29.3 Å². The summed E-state index contributed by atoms with van der Waals surface area (Å²) in [6.07, 6.45) is 0. The van der Waals surface area contributed by atoms with E-state index in [1.807, 2.05) is 45.9 Å². The molecule has 0 saturated heterocycles. The molecule has 2 amide bonds. The first-order chi connectivity index (χ1) is 7.50. The lowest BCUT2D eigenvalue weighted by Crippen LogP contribution is -2.25. The molecule has 0 aliphatic carbocycles. The molecular formula is C12H17N3O. The number of aryl methyl sites for hydroxylation is 2. The van der Waals surface area contributed by atoms with Gasteiger partial charge in [0.15, 0.2) is 0 Å². The summed E-state index contributed by atoms with van der Waals surface area (Å²) in [7, 11) is 0. The van der Waals surface area contributed by atoms with Gasteiger partial charge in [0.1, 0.15) is 0 Å². The predicted molar refractivity (Wildman–Crippen MR) is 66.9 cm³/mol. The van der Waals surface area contributed by atoms with Crippen LogP contribution in [0.5, 0.6) is 0 Å². The minimum absolute atomic E-state index is 0.321. The molecule has 0 bridgehead atoms. The van der Waals surface area contributed by atoms with Gasteiger partial charge in [-0.15, -0.1) is 0 Å². The van der Waals surface area contributed by atoms with Crippen molar-refractivity contribution >= 4 is 17.4 Å². The maximum Gasteiger partial charge on any atom is 0.339 e. The van der Waals surface area contributed by atoms with Gasteiger partial charge in [0, 0.05) is 11.4 Å². The number of anilines is 1. The molecular weight excluding hydrogens is 202 g/mol. The Labute approximate surface area is 95.7 Å². The smallest absolute Gasteiger partial charge is 0.306 e. The average molecular weight is 219 g/mol. The highest BCUT2D eigenvalue weighted by molar-refractivity contribution is 5.92. The Kier molecular flexibility index (Phi) is 4.05. The van der Waals surface area contributed by atoms with Crippen LogP contribution in [0.15, 0.2) is 23.3 Å². The Balaban J connectivity index is 2.74. The maximum absolute atomic E-state index is 11.5. The second-order valence-corrected chi connectivity index (χ2v) is 3.89. The summed E-state index contributed by atoms with van der Waals surface area (Å²) in [6, 6.07) is 5.55. The van der Waals surface area contributed by atoms with Gasteiger partial charge in [-0.3, -0.25) is 0 Å². The fourth-order valence-corrected chi connectivity index (χ4v) is 1.32. The van der Waals surface area contributed by atoms with Crippen molar-refractivity contribution in [2.45, 2.75) is 27.7 Å². The van der Waals surface area contributed by atoms with Crippen molar-refractivity contribution in [2.24, 2.45) is 5.10 Å². The zero-order valence-corrected chi connectivity index (χ0v) is 10.1. The Morgan fingerprint density at radius 2 is 1.75 bits per heavy atom. The molecule has 0 aliphatic heterocycles. The Hall–Kier alpha value is -1.84. The molecule has 4 nitrogen and oxygen atoms in total. The van der Waals surface area contributed by atoms with E-state index in [4.69, 9.17) is 0 Å². The van der Waals surface area contributed by atoms with Crippen molar-refractivity contribution < 1.29 is 4.79 Å². The van der Waals surface area contributed by atoms with Gasteiger partial charge in [0.2, 0.25) is 0 Å². The van der Waals surface area contributed by atoms with Crippen molar-refractivity contribution in [1.29, 1.82) is 0 Å². The fraction of sp³-hybridized carbons (Fsp3) is 0.333. The lowest BCUT2D eigenvalue weighted by molar-refractivity contribution is 0.252. The van der Waals surface area contributed by atoms with Crippen LogP contribution in [0.2, 0.25) is 0 Å². The number of hydrazone groups is 1. The second-order valence-electron chi connectivity index (χ2n) is 3.89. The summed E-state index contributed by atoms with van der Waals surface area (Å²) in [5.74, 6) is 0. The molecule has 0 aliphatic rings. The van der Waals surface area contributed by atoms with E-state index in [1.54, 1.807) is 0 Å². The molecule has 1 aromatic carbocycles. The topological polar surface area (TPSA) is 53.5 Å². The Morgan fingerprint density at radius 3 is 2.25 bits per heavy atom. The highest BCUT2D eigenvalue weighted by atomic mass is 16.2. The average Bonchev–Trinajstić information content (AvgIpc) is 2.21. The summed E-state index contributed by atoms with van der Waals surface area (Å²) < 4.78 is 0. The maximum atomic E-state index is 11.5. The van der Waals surface area contributed by atoms with Gasteiger partial charge in [-0.2, -0.15) is 5.10 Å². The van der Waals surface area contributed by atoms with Crippen LogP contribution >= 0.6 is 0 Å². The van der Waals surface area contributed by atoms with E-state index in [-0.39, 0.29) is 6.03 Å². The van der Waals surface area contributed by atoms with Gasteiger partial charge in [-0.25, -0.2) is 10.2 Å². The standard InChI is InChI=1S/C12H17N3O/c1-8(2)14-15-12(16)13-11-9(3)6-5-7-10(11)4/h5-7H,1-4H3,(H2,13,15,16). The van der Waals surface area contributed by atoms with Gasteiger partial charge >= 0.3 is 6.03 Å². The number of hydrogen-bond acceptors (Lipinski definition) is 2. The van der Waals surface area contributed by atoms with Crippen molar-refractivity contribution in [3.63, 3.8) is 0 Å². The van der Waals surface area contributed by atoms with Crippen molar-refractivity contribution in [2.75, 3.05) is 5.32 Å². The van der Waals surface area contributed by atoms with Gasteiger partial charge in [0.25, 0.3) is 0 Å². The number of hydrogen-bond donors (Lipinski definition) is 2. The van der Waals surface area contributed by atoms with Crippen LogP contribution in [-0.2, 0) is 0 Å². The summed E-state index contributed by atoms with van der Waals surface area (Å²) in [6.45, 7) is 7.55. The number of benzene rings is 1. The zero-order valence-electron chi connectivity index (χ0n) is 10.1. The van der Waals surface area contributed by atoms with E-state index >= 15 is 0 Å². The van der Waals surface area contributed by atoms with Crippen LogP contribution in [0.4, 0.5) is 10.5 Å². The summed E-state index contributed by atoms with van der Waals surface area (Å²) in [5, 5.41) is 6.61. The van der Waals surface area contributed by atoms with E-state index < -0.39 is 0 Å². The molecule has 0 atom stereocenters. The quantitative estimate of drug-likeness (QED) is 0.583. The highest BCUT2D eigenvalue weighted by Gasteiger charge is 2.05. The first-order valence-electron chi connectivity index (χ1n) is 5.15. The SMILES string of the molecule is CC(C)=NNC(=O)Nc1c(C)cccc1C. The highest BCUT2D eigenvalue weighted by Crippen LogP contribution is 2.18. The number of nitrogens with one attached hydrogen (secondary N) is 2. The van der Waals surface area contributed by atoms with E-state index in [2.05, 4.69) is 15.8 Å². The molecule has 0 aromatic heterocycles. The Bertz CT molecular complexity index is 400. The first-order valence-corrected chi connectivity index (χ1v) is 5.15. The van der Waals surface area contributed by atoms with Gasteiger partial charge in [0.05, 0.1) is 0 Å². The summed E-state index contributed by atoms with van der Waals surface area (Å²) in [4.78, 5) is 11.5. The minimum Gasteiger partial charge on any atom is -0.306 e. The van der Waals surface area contributed by atoms with Gasteiger partial charge in [-0.05, 0) is 38.8 Å². The number of nitrogens with zero attached hydrogens (tertiary/aromatic N) is 1. The molecule has 1 aromatic rings. The van der Waals surface area contributed by atoms with Crippen LogP contribution in [0.1, 0.15) is 25.0 Å². The van der Waals surface area contributed by atoms with Gasteiger partial charge in [-0.1, -0.05) is 18.2 Å². The molecule has 16 heavy (non-hydrogen) atoms. The van der Waals surface area contributed by atoms with Crippen LogP contribution in [-0.4, -0.2) is 11.7 Å². The summed E-state index contributed by atoms with van der Waals surface area (Å²) >= 11 is 0. The fourth-order valence-electron chi connectivity index (χ4n) is 1.32. The monoisotopic (exact) mass is 219 g/mol. The molecule has 86 valence electrons. The molecule has 0 heterocycles. The second kappa shape index (κ2) is 5.30. The zero-order chi connectivity index (χ0) is 12.1. The van der Waals surface area contributed by atoms with E-state index in [9.17, 15) is 4.79 Å². The molecule has 0 fully saturated rings. The Morgan fingerprint density at radius 1 is 1.19 bits per heavy atom. The third kappa shape index (κ3) is 3.38. The third-order valence-corrected chi connectivity index (χ3v) is 2.10. The molecule has 0 unspecified atom stereocenters. The number of carbonyl (C=O) groups excluding carboxylic acids is 1. The third-order valence-electron chi connectivity index (χ3n) is 2.10. The predicted octanol–water partition coefficient (Wildman–Crippen LogP) is 2.82. The molecule has 2 N–H and O–H groups in total. The number of para-hydroxylation sites is 1. The normalized spacial score (nSPS) is 9.50. The minimum atomic E-state index is -0.321. The van der Waals surface area contributed by atoms with E-state index in [0.29, 0.717) is 0 Å². The van der Waals surface area contributed by atoms with Crippen LogP contribution in [0.25, 0.3) is 0 Å². The molecule has 1 rings (SSSR count). The van der Waals surface area contributed by atoms with Crippen molar-refractivity contribution in [1.82, 2.24) is 5.43 Å². The number of urea groups is 1. The number of rotatable bonds is 2. The van der Waals surface area contributed by atoms with Crippen molar-refractivity contribution in [3.8, 4) is 0 Å². The lowest BCUT2D eigenvalue weighted by atomic mass is 10.1. The molecule has 0 spiro atoms. The van der Waals surface area contributed by atoms with Crippen LogP contribution < -0.4 is 10.7 Å². The molecule has 4 heteroatoms. The van der Waals surface area contributed by atoms with E-state index in [1.165, 1.54) is 0 Å². The molecule has 0 saturated carbocycles. The number of amides is 2. The largest absolute Gasteiger partial charge is 0.339 e. The van der Waals surface area contributed by atoms with E-state index in [0.717, 1.165) is 22.5 Å².